The van der Waals surface area contributed by atoms with Crippen molar-refractivity contribution in [1.29, 1.82) is 0 Å². The minimum Gasteiger partial charge on any atom is -0.303 e. The summed E-state index contributed by atoms with van der Waals surface area (Å²) >= 11 is 0. The Morgan fingerprint density at radius 1 is 1.54 bits per heavy atom. The van der Waals surface area contributed by atoms with E-state index in [1.165, 1.54) is 6.42 Å². The average Bonchev–Trinajstić information content (AvgIpc) is 2.58. The van der Waals surface area contributed by atoms with Crippen molar-refractivity contribution in [2.24, 2.45) is 5.92 Å². The summed E-state index contributed by atoms with van der Waals surface area (Å²) in [5.41, 5.74) is 1.55. The number of fused-ring (bicyclic) bond motifs is 1. The van der Waals surface area contributed by atoms with E-state index in [1.807, 2.05) is 0 Å². The number of allylic oxidation sites excluding steroid dienone is 1. The highest BCUT2D eigenvalue weighted by molar-refractivity contribution is 5.53. The van der Waals surface area contributed by atoms with E-state index in [2.05, 4.69) is 17.9 Å². The number of carbonyl (C=O) groups is 1. The van der Waals surface area contributed by atoms with Crippen LogP contribution in [0.2, 0.25) is 0 Å². The summed E-state index contributed by atoms with van der Waals surface area (Å²) in [6.45, 7) is 4.38. The smallest absolute Gasteiger partial charge is 0.123 e. The fourth-order valence-electron chi connectivity index (χ4n) is 2.51. The van der Waals surface area contributed by atoms with E-state index in [-0.39, 0.29) is 0 Å². The number of hydrogen-bond acceptors (Lipinski definition) is 2. The molecule has 2 rings (SSSR count). The molecule has 2 aliphatic heterocycles. The summed E-state index contributed by atoms with van der Waals surface area (Å²) in [4.78, 5) is 13.2. The Hall–Kier alpha value is -0.630. The third kappa shape index (κ3) is 1.68. The van der Waals surface area contributed by atoms with Crippen LogP contribution in [0.4, 0.5) is 0 Å². The van der Waals surface area contributed by atoms with Crippen molar-refractivity contribution >= 4 is 6.29 Å². The van der Waals surface area contributed by atoms with Gasteiger partial charge in [-0.25, -0.2) is 0 Å². The van der Waals surface area contributed by atoms with Gasteiger partial charge in [0.25, 0.3) is 0 Å². The second kappa shape index (κ2) is 3.62. The predicted molar refractivity (Wildman–Crippen MR) is 52.5 cm³/mol. The predicted octanol–water partition coefficient (Wildman–Crippen LogP) is 1.62. The van der Waals surface area contributed by atoms with Gasteiger partial charge in [0.15, 0.2) is 0 Å². The van der Waals surface area contributed by atoms with Crippen molar-refractivity contribution < 1.29 is 4.79 Å². The highest BCUT2D eigenvalue weighted by Crippen LogP contribution is 2.31. The van der Waals surface area contributed by atoms with Crippen molar-refractivity contribution in [2.75, 3.05) is 13.1 Å². The lowest BCUT2D eigenvalue weighted by Gasteiger charge is -2.31. The van der Waals surface area contributed by atoms with Crippen LogP contribution in [-0.2, 0) is 4.79 Å². The first kappa shape index (κ1) is 8.95. The van der Waals surface area contributed by atoms with Crippen molar-refractivity contribution in [1.82, 2.24) is 4.90 Å². The van der Waals surface area contributed by atoms with Crippen LogP contribution in [-0.4, -0.2) is 30.3 Å². The third-order valence-electron chi connectivity index (χ3n) is 3.38. The molecule has 0 aromatic heterocycles. The van der Waals surface area contributed by atoms with E-state index in [4.69, 9.17) is 0 Å². The van der Waals surface area contributed by atoms with E-state index in [1.54, 1.807) is 5.57 Å². The number of aldehydes is 1. The van der Waals surface area contributed by atoms with Crippen LogP contribution < -0.4 is 0 Å². The summed E-state index contributed by atoms with van der Waals surface area (Å²) in [5.74, 6) is 0.331. The molecule has 0 saturated carbocycles. The first-order valence-corrected chi connectivity index (χ1v) is 5.17. The van der Waals surface area contributed by atoms with Gasteiger partial charge >= 0.3 is 0 Å². The Balaban J connectivity index is 2.01. The minimum absolute atomic E-state index is 0.331. The number of carbonyl (C=O) groups excluding carboxylic acids is 1. The molecule has 2 nitrogen and oxygen atoms in total. The normalized spacial score (nSPS) is 37.8. The van der Waals surface area contributed by atoms with Gasteiger partial charge in [0, 0.05) is 18.5 Å². The lowest BCUT2D eigenvalue weighted by atomic mass is 9.92. The second-order valence-corrected chi connectivity index (χ2v) is 4.20. The molecule has 2 heterocycles. The highest BCUT2D eigenvalue weighted by atomic mass is 16.1. The summed E-state index contributed by atoms with van der Waals surface area (Å²) in [7, 11) is 0. The topological polar surface area (TPSA) is 20.3 Å². The lowest BCUT2D eigenvalue weighted by molar-refractivity contribution is -0.112. The first-order valence-electron chi connectivity index (χ1n) is 5.17. The molecule has 2 fully saturated rings. The maximum atomic E-state index is 10.7. The molecule has 0 aromatic rings. The largest absolute Gasteiger partial charge is 0.303 e. The van der Waals surface area contributed by atoms with Crippen molar-refractivity contribution in [3.8, 4) is 0 Å². The first-order chi connectivity index (χ1) is 6.33. The fraction of sp³-hybridized carbons (Fsp3) is 0.727. The van der Waals surface area contributed by atoms with Gasteiger partial charge in [-0.1, -0.05) is 11.6 Å². The van der Waals surface area contributed by atoms with Crippen LogP contribution in [0.15, 0.2) is 11.6 Å². The van der Waals surface area contributed by atoms with Gasteiger partial charge < -0.3 is 4.79 Å². The summed E-state index contributed by atoms with van der Waals surface area (Å²) < 4.78 is 0. The summed E-state index contributed by atoms with van der Waals surface area (Å²) in [6.07, 6.45) is 6.72. The number of hydrogen-bond donors (Lipinski definition) is 0. The third-order valence-corrected chi connectivity index (χ3v) is 3.38. The molecular formula is C11H17NO. The molecule has 0 amide bonds. The van der Waals surface area contributed by atoms with Gasteiger partial charge in [-0.2, -0.15) is 0 Å². The Labute approximate surface area is 79.6 Å². The van der Waals surface area contributed by atoms with E-state index in [0.717, 1.165) is 32.2 Å². The van der Waals surface area contributed by atoms with Crippen LogP contribution in [0.3, 0.4) is 0 Å². The van der Waals surface area contributed by atoms with Gasteiger partial charge in [0.2, 0.25) is 0 Å². The van der Waals surface area contributed by atoms with Crippen LogP contribution in [0.25, 0.3) is 0 Å². The van der Waals surface area contributed by atoms with E-state index < -0.39 is 0 Å². The maximum Gasteiger partial charge on any atom is 0.123 e. The van der Waals surface area contributed by atoms with E-state index in [9.17, 15) is 4.79 Å². The molecule has 2 heteroatoms. The fourth-order valence-corrected chi connectivity index (χ4v) is 2.51. The zero-order valence-corrected chi connectivity index (χ0v) is 8.20. The Morgan fingerprint density at radius 3 is 3.08 bits per heavy atom. The SMILES string of the molecule is CC=C1CC2CC(C=O)CCN2C1. The van der Waals surface area contributed by atoms with Crippen LogP contribution in [0, 0.1) is 5.92 Å². The molecule has 0 N–H and O–H groups in total. The average molecular weight is 179 g/mol. The molecule has 0 spiro atoms. The summed E-state index contributed by atoms with van der Waals surface area (Å²) in [5, 5.41) is 0. The van der Waals surface area contributed by atoms with Crippen molar-refractivity contribution in [3.63, 3.8) is 0 Å². The van der Waals surface area contributed by atoms with Gasteiger partial charge in [0.05, 0.1) is 0 Å². The van der Waals surface area contributed by atoms with Crippen LogP contribution in [0.1, 0.15) is 26.2 Å². The van der Waals surface area contributed by atoms with Crippen LogP contribution >= 0.6 is 0 Å². The maximum absolute atomic E-state index is 10.7. The molecule has 72 valence electrons. The molecule has 2 atom stereocenters. The molecule has 2 unspecified atom stereocenters. The summed E-state index contributed by atoms with van der Waals surface area (Å²) in [6, 6.07) is 0.662. The second-order valence-electron chi connectivity index (χ2n) is 4.20. The zero-order valence-electron chi connectivity index (χ0n) is 8.20. The Bertz CT molecular complexity index is 234. The molecule has 2 aliphatic rings. The van der Waals surface area contributed by atoms with Gasteiger partial charge in [0.1, 0.15) is 6.29 Å². The Morgan fingerprint density at radius 2 is 2.38 bits per heavy atom. The Kier molecular flexibility index (Phi) is 2.49. The van der Waals surface area contributed by atoms with Crippen molar-refractivity contribution in [3.05, 3.63) is 11.6 Å². The van der Waals surface area contributed by atoms with E-state index >= 15 is 0 Å². The molecule has 0 aromatic carbocycles. The van der Waals surface area contributed by atoms with Gasteiger partial charge in [-0.05, 0) is 32.7 Å². The molecular weight excluding hydrogens is 162 g/mol. The quantitative estimate of drug-likeness (QED) is 0.450. The van der Waals surface area contributed by atoms with Gasteiger partial charge in [-0.3, -0.25) is 4.90 Å². The monoisotopic (exact) mass is 179 g/mol. The van der Waals surface area contributed by atoms with Crippen LogP contribution in [0.5, 0.6) is 0 Å². The lowest BCUT2D eigenvalue weighted by Crippen LogP contribution is -2.38. The van der Waals surface area contributed by atoms with E-state index in [0.29, 0.717) is 12.0 Å². The zero-order chi connectivity index (χ0) is 9.26. The number of nitrogens with zero attached hydrogens (tertiary/aromatic N) is 1. The molecule has 0 aliphatic carbocycles. The number of piperidine rings is 1. The molecule has 2 saturated heterocycles. The molecule has 0 radical (unpaired) electrons. The molecule has 0 bridgehead atoms. The molecule has 13 heavy (non-hydrogen) atoms. The number of rotatable bonds is 1. The van der Waals surface area contributed by atoms with Gasteiger partial charge in [-0.15, -0.1) is 0 Å². The highest BCUT2D eigenvalue weighted by Gasteiger charge is 2.33. The minimum atomic E-state index is 0.331. The van der Waals surface area contributed by atoms with Crippen molar-refractivity contribution in [2.45, 2.75) is 32.2 Å². The standard InChI is InChI=1S/C11H17NO/c1-2-9-5-11-6-10(8-13)3-4-12(11)7-9/h2,8,10-11H,3-7H2,1H3.